The number of aromatic nitrogens is 5. The van der Waals surface area contributed by atoms with E-state index in [0.29, 0.717) is 23.2 Å². The van der Waals surface area contributed by atoms with Crippen LogP contribution in [0.2, 0.25) is 0 Å². The van der Waals surface area contributed by atoms with Gasteiger partial charge in [-0.25, -0.2) is 15.0 Å². The third-order valence-corrected chi connectivity index (χ3v) is 11.3. The maximum absolute atomic E-state index is 6.30. The van der Waals surface area contributed by atoms with Gasteiger partial charge in [0, 0.05) is 33.5 Å². The molecule has 0 aliphatic heterocycles. The zero-order chi connectivity index (χ0) is 38.2. The van der Waals surface area contributed by atoms with E-state index in [0.717, 1.165) is 60.6 Å². The lowest BCUT2D eigenvalue weighted by Gasteiger charge is -2.15. The Kier molecular flexibility index (Phi) is 7.13. The van der Waals surface area contributed by atoms with E-state index in [2.05, 4.69) is 150 Å². The number of benzene rings is 8. The van der Waals surface area contributed by atoms with Crippen LogP contribution in [0.4, 0.5) is 0 Å². The number of hydrogen-bond acceptors (Lipinski definition) is 5. The lowest BCUT2D eigenvalue weighted by Crippen LogP contribution is -2.04. The fourth-order valence-electron chi connectivity index (χ4n) is 8.62. The molecule has 4 heterocycles. The van der Waals surface area contributed by atoms with Crippen LogP contribution in [0.15, 0.2) is 193 Å². The van der Waals surface area contributed by atoms with E-state index in [-0.39, 0.29) is 0 Å². The summed E-state index contributed by atoms with van der Waals surface area (Å²) < 4.78 is 8.65. The van der Waals surface area contributed by atoms with Crippen LogP contribution in [0.25, 0.3) is 116 Å². The highest BCUT2D eigenvalue weighted by atomic mass is 16.3. The molecule has 0 spiro atoms. The van der Waals surface area contributed by atoms with E-state index in [1.807, 2.05) is 36.4 Å². The van der Waals surface area contributed by atoms with Gasteiger partial charge in [0.1, 0.15) is 16.9 Å². The number of para-hydroxylation sites is 3. The van der Waals surface area contributed by atoms with Gasteiger partial charge in [0.25, 0.3) is 0 Å². The molecule has 12 aromatic rings. The van der Waals surface area contributed by atoms with Gasteiger partial charge in [-0.1, -0.05) is 133 Å². The largest absolute Gasteiger partial charge is 0.456 e. The van der Waals surface area contributed by atoms with E-state index in [1.54, 1.807) is 6.20 Å². The Morgan fingerprint density at radius 1 is 0.397 bits per heavy atom. The number of hydrogen-bond donors (Lipinski definition) is 0. The summed E-state index contributed by atoms with van der Waals surface area (Å²) in [6, 6.07) is 63.4. The van der Waals surface area contributed by atoms with Crippen molar-refractivity contribution in [2.75, 3.05) is 0 Å². The van der Waals surface area contributed by atoms with E-state index in [9.17, 15) is 0 Å². The Morgan fingerprint density at radius 3 is 1.97 bits per heavy atom. The van der Waals surface area contributed by atoms with Crippen LogP contribution in [0, 0.1) is 0 Å². The number of rotatable bonds is 5. The minimum atomic E-state index is 0.472. The van der Waals surface area contributed by atoms with Crippen molar-refractivity contribution in [1.82, 2.24) is 24.5 Å². The van der Waals surface area contributed by atoms with Crippen molar-refractivity contribution in [1.29, 1.82) is 0 Å². The molecule has 0 fully saturated rings. The minimum Gasteiger partial charge on any atom is -0.456 e. The van der Waals surface area contributed by atoms with Crippen LogP contribution in [0.5, 0.6) is 0 Å². The molecule has 0 bridgehead atoms. The molecule has 0 radical (unpaired) electrons. The second-order valence-corrected chi connectivity index (χ2v) is 14.6. The molecule has 270 valence electrons. The first-order valence-corrected chi connectivity index (χ1v) is 19.4. The van der Waals surface area contributed by atoms with Crippen LogP contribution >= 0.6 is 0 Å². The standard InChI is InChI=1S/C52H31N5O/c1-2-12-32(13-3-1)34-22-23-36-31-37(25-24-35(36)30-34)50-54-51(56-52(55-50)49-48-41-18-8-11-21-45(41)58-46(48)28-29-53-49)40-17-7-10-20-43(40)57-42-19-9-6-16-39(42)47-38-15-5-4-14-33(38)26-27-44(47)57/h1-31H. The summed E-state index contributed by atoms with van der Waals surface area (Å²) in [5, 5.41) is 8.90. The van der Waals surface area contributed by atoms with Crippen molar-refractivity contribution in [2.45, 2.75) is 0 Å². The fraction of sp³-hybridized carbons (Fsp3) is 0. The van der Waals surface area contributed by atoms with Gasteiger partial charge in [0.2, 0.25) is 0 Å². The highest BCUT2D eigenvalue weighted by Gasteiger charge is 2.22. The summed E-state index contributed by atoms with van der Waals surface area (Å²) in [6.45, 7) is 0. The van der Waals surface area contributed by atoms with Crippen molar-refractivity contribution in [3.63, 3.8) is 0 Å². The van der Waals surface area contributed by atoms with Crippen molar-refractivity contribution in [3.05, 3.63) is 188 Å². The Labute approximate surface area is 332 Å². The van der Waals surface area contributed by atoms with Crippen LogP contribution in [0.1, 0.15) is 0 Å². The smallest absolute Gasteiger partial charge is 0.183 e. The Morgan fingerprint density at radius 2 is 1.07 bits per heavy atom. The maximum atomic E-state index is 6.30. The van der Waals surface area contributed by atoms with Gasteiger partial charge >= 0.3 is 0 Å². The van der Waals surface area contributed by atoms with Gasteiger partial charge in [-0.3, -0.25) is 4.98 Å². The van der Waals surface area contributed by atoms with E-state index in [4.69, 9.17) is 24.4 Å². The Hall–Kier alpha value is -7.96. The summed E-state index contributed by atoms with van der Waals surface area (Å²) in [4.78, 5) is 20.7. The van der Waals surface area contributed by atoms with Crippen molar-refractivity contribution in [2.24, 2.45) is 0 Å². The fourth-order valence-corrected chi connectivity index (χ4v) is 8.62. The van der Waals surface area contributed by atoms with E-state index in [1.165, 1.54) is 32.7 Å². The highest BCUT2D eigenvalue weighted by molar-refractivity contribution is 6.21. The zero-order valence-corrected chi connectivity index (χ0v) is 31.0. The monoisotopic (exact) mass is 741 g/mol. The molecule has 4 aromatic heterocycles. The molecule has 0 saturated heterocycles. The second kappa shape index (κ2) is 12.8. The lowest BCUT2D eigenvalue weighted by molar-refractivity contribution is 0.668. The minimum absolute atomic E-state index is 0.472. The summed E-state index contributed by atoms with van der Waals surface area (Å²) >= 11 is 0. The van der Waals surface area contributed by atoms with Crippen LogP contribution in [-0.4, -0.2) is 24.5 Å². The quantitative estimate of drug-likeness (QED) is 0.176. The highest BCUT2D eigenvalue weighted by Crippen LogP contribution is 2.40. The average molecular weight is 742 g/mol. The molecule has 6 nitrogen and oxygen atoms in total. The van der Waals surface area contributed by atoms with Gasteiger partial charge in [-0.15, -0.1) is 0 Å². The van der Waals surface area contributed by atoms with Gasteiger partial charge in [0.15, 0.2) is 17.5 Å². The number of nitrogens with zero attached hydrogens (tertiary/aromatic N) is 5. The first kappa shape index (κ1) is 32.3. The molecule has 12 rings (SSSR count). The normalized spacial score (nSPS) is 11.8. The van der Waals surface area contributed by atoms with Gasteiger partial charge in [0.05, 0.1) is 22.1 Å². The molecule has 0 saturated carbocycles. The second-order valence-electron chi connectivity index (χ2n) is 14.6. The first-order valence-electron chi connectivity index (χ1n) is 19.4. The Bertz CT molecular complexity index is 3590. The van der Waals surface area contributed by atoms with Crippen molar-refractivity contribution in [3.8, 4) is 51.1 Å². The predicted octanol–water partition coefficient (Wildman–Crippen LogP) is 13.2. The van der Waals surface area contributed by atoms with E-state index >= 15 is 0 Å². The number of furan rings is 1. The van der Waals surface area contributed by atoms with Crippen LogP contribution in [0.3, 0.4) is 0 Å². The zero-order valence-electron chi connectivity index (χ0n) is 31.0. The molecular weight excluding hydrogens is 711 g/mol. The molecular formula is C52H31N5O. The molecule has 0 aliphatic carbocycles. The summed E-state index contributed by atoms with van der Waals surface area (Å²) in [7, 11) is 0. The third kappa shape index (κ3) is 5.05. The average Bonchev–Trinajstić information content (AvgIpc) is 3.85. The molecule has 0 atom stereocenters. The molecule has 0 amide bonds. The summed E-state index contributed by atoms with van der Waals surface area (Å²) in [5.74, 6) is 1.58. The molecule has 0 aliphatic rings. The number of pyridine rings is 1. The van der Waals surface area contributed by atoms with E-state index < -0.39 is 0 Å². The maximum Gasteiger partial charge on any atom is 0.183 e. The Balaban J connectivity index is 1.11. The van der Waals surface area contributed by atoms with Gasteiger partial charge < -0.3 is 8.98 Å². The lowest BCUT2D eigenvalue weighted by atomic mass is 10.00. The summed E-state index contributed by atoms with van der Waals surface area (Å²) in [5.41, 5.74) is 9.47. The third-order valence-electron chi connectivity index (χ3n) is 11.3. The topological polar surface area (TPSA) is 69.6 Å². The molecule has 0 N–H and O–H groups in total. The summed E-state index contributed by atoms with van der Waals surface area (Å²) in [6.07, 6.45) is 1.76. The van der Waals surface area contributed by atoms with Crippen LogP contribution in [-0.2, 0) is 0 Å². The molecule has 0 unspecified atom stereocenters. The van der Waals surface area contributed by atoms with Gasteiger partial charge in [-0.05, 0) is 81.2 Å². The van der Waals surface area contributed by atoms with Crippen molar-refractivity contribution < 1.29 is 4.42 Å². The first-order chi connectivity index (χ1) is 28.7. The van der Waals surface area contributed by atoms with Crippen LogP contribution < -0.4 is 0 Å². The SMILES string of the molecule is c1ccc(-c2ccc3cc(-c4nc(-c5ccccc5-n5c6ccccc6c6c7ccccc7ccc65)nc(-c5nccc6oc7ccccc7c56)n4)ccc3c2)cc1. The molecule has 58 heavy (non-hydrogen) atoms. The molecule has 6 heteroatoms. The predicted molar refractivity (Wildman–Crippen MR) is 236 cm³/mol. The van der Waals surface area contributed by atoms with Gasteiger partial charge in [-0.2, -0.15) is 0 Å². The van der Waals surface area contributed by atoms with Crippen molar-refractivity contribution >= 4 is 65.3 Å². The number of fused-ring (bicyclic) bond motifs is 9. The molecule has 8 aromatic carbocycles.